The summed E-state index contributed by atoms with van der Waals surface area (Å²) < 4.78 is 5.54. The predicted octanol–water partition coefficient (Wildman–Crippen LogP) is 3.30. The average Bonchev–Trinajstić information content (AvgIpc) is 3.45. The standard InChI is InChI=1S/C22H22N4O3S/c27-20(12-15-14-30-22(25-15)19-9-3-4-10-23-19)26-18-8-2-1-7-17(18)21(28)24-13-16-6-5-11-29-16/h1-4,7-10,14,16H,5-6,11-13H2,(H,24,28)(H,26,27)/t16-/m1/s1. The number of pyridine rings is 1. The topological polar surface area (TPSA) is 93.2 Å². The summed E-state index contributed by atoms with van der Waals surface area (Å²) in [6.45, 7) is 1.21. The maximum Gasteiger partial charge on any atom is 0.253 e. The molecule has 0 spiro atoms. The molecule has 1 aliphatic heterocycles. The molecular formula is C22H22N4O3S. The summed E-state index contributed by atoms with van der Waals surface area (Å²) in [4.78, 5) is 33.9. The fourth-order valence-corrected chi connectivity index (χ4v) is 4.05. The molecule has 0 aliphatic carbocycles. The zero-order valence-corrected chi connectivity index (χ0v) is 17.2. The van der Waals surface area contributed by atoms with E-state index in [2.05, 4.69) is 20.6 Å². The van der Waals surface area contributed by atoms with Crippen LogP contribution in [0.1, 0.15) is 28.9 Å². The average molecular weight is 423 g/mol. The molecule has 3 aromatic rings. The highest BCUT2D eigenvalue weighted by Gasteiger charge is 2.19. The van der Waals surface area contributed by atoms with Gasteiger partial charge in [0.05, 0.1) is 35.2 Å². The molecule has 7 nitrogen and oxygen atoms in total. The van der Waals surface area contributed by atoms with Crippen molar-refractivity contribution in [3.05, 3.63) is 65.3 Å². The Morgan fingerprint density at radius 1 is 1.17 bits per heavy atom. The number of amides is 2. The lowest BCUT2D eigenvalue weighted by Crippen LogP contribution is -2.32. The molecule has 1 aliphatic rings. The van der Waals surface area contributed by atoms with Crippen LogP contribution in [0.15, 0.2) is 54.0 Å². The van der Waals surface area contributed by atoms with E-state index in [4.69, 9.17) is 4.74 Å². The molecular weight excluding hydrogens is 400 g/mol. The second kappa shape index (κ2) is 9.60. The number of ether oxygens (including phenoxy) is 1. The van der Waals surface area contributed by atoms with Crippen molar-refractivity contribution in [3.8, 4) is 10.7 Å². The number of rotatable bonds is 7. The molecule has 154 valence electrons. The maximum absolute atomic E-state index is 12.6. The first-order valence-corrected chi connectivity index (χ1v) is 10.7. The van der Waals surface area contributed by atoms with Gasteiger partial charge in [-0.25, -0.2) is 4.98 Å². The summed E-state index contributed by atoms with van der Waals surface area (Å²) in [5.41, 5.74) is 2.35. The molecule has 0 bridgehead atoms. The first kappa shape index (κ1) is 20.2. The van der Waals surface area contributed by atoms with Gasteiger partial charge >= 0.3 is 0 Å². The van der Waals surface area contributed by atoms with Crippen LogP contribution < -0.4 is 10.6 Å². The number of anilines is 1. The van der Waals surface area contributed by atoms with Crippen molar-refractivity contribution in [2.45, 2.75) is 25.4 Å². The van der Waals surface area contributed by atoms with Crippen molar-refractivity contribution < 1.29 is 14.3 Å². The second-order valence-corrected chi connectivity index (χ2v) is 7.83. The van der Waals surface area contributed by atoms with Gasteiger partial charge in [-0.05, 0) is 37.1 Å². The Bertz CT molecular complexity index is 1020. The quantitative estimate of drug-likeness (QED) is 0.609. The van der Waals surface area contributed by atoms with Crippen LogP contribution in [0, 0.1) is 0 Å². The normalized spacial score (nSPS) is 15.7. The van der Waals surface area contributed by atoms with Crippen molar-refractivity contribution in [2.75, 3.05) is 18.5 Å². The Balaban J connectivity index is 1.37. The smallest absolute Gasteiger partial charge is 0.253 e. The minimum atomic E-state index is -0.229. The molecule has 1 aromatic carbocycles. The molecule has 3 heterocycles. The molecule has 1 fully saturated rings. The van der Waals surface area contributed by atoms with Crippen LogP contribution in [-0.2, 0) is 16.0 Å². The van der Waals surface area contributed by atoms with E-state index >= 15 is 0 Å². The highest BCUT2D eigenvalue weighted by molar-refractivity contribution is 7.13. The Morgan fingerprint density at radius 3 is 2.83 bits per heavy atom. The molecule has 0 unspecified atom stereocenters. The summed E-state index contributed by atoms with van der Waals surface area (Å²) in [6.07, 6.45) is 3.87. The lowest BCUT2D eigenvalue weighted by Gasteiger charge is -2.13. The third-order valence-electron chi connectivity index (χ3n) is 4.74. The molecule has 4 rings (SSSR count). The third-order valence-corrected chi connectivity index (χ3v) is 5.65. The van der Waals surface area contributed by atoms with E-state index in [-0.39, 0.29) is 24.3 Å². The Morgan fingerprint density at radius 2 is 2.03 bits per heavy atom. The number of hydrogen-bond donors (Lipinski definition) is 2. The van der Waals surface area contributed by atoms with Crippen molar-refractivity contribution in [3.63, 3.8) is 0 Å². The van der Waals surface area contributed by atoms with Gasteiger partial charge in [0.25, 0.3) is 5.91 Å². The highest BCUT2D eigenvalue weighted by atomic mass is 32.1. The first-order valence-electron chi connectivity index (χ1n) is 9.83. The van der Waals surface area contributed by atoms with Crippen LogP contribution in [0.4, 0.5) is 5.69 Å². The minimum absolute atomic E-state index is 0.0636. The fraction of sp³-hybridized carbons (Fsp3) is 0.273. The van der Waals surface area contributed by atoms with Crippen LogP contribution in [0.5, 0.6) is 0 Å². The molecule has 0 saturated carbocycles. The number of para-hydroxylation sites is 1. The molecule has 2 N–H and O–H groups in total. The number of nitrogens with zero attached hydrogens (tertiary/aromatic N) is 2. The summed E-state index contributed by atoms with van der Waals surface area (Å²) >= 11 is 1.45. The van der Waals surface area contributed by atoms with Gasteiger partial charge in [-0.3, -0.25) is 14.6 Å². The van der Waals surface area contributed by atoms with Crippen LogP contribution in [0.25, 0.3) is 10.7 Å². The Hall–Kier alpha value is -3.10. The molecule has 30 heavy (non-hydrogen) atoms. The summed E-state index contributed by atoms with van der Waals surface area (Å²) in [6, 6.07) is 12.6. The number of benzene rings is 1. The van der Waals surface area contributed by atoms with Crippen molar-refractivity contribution in [1.82, 2.24) is 15.3 Å². The monoisotopic (exact) mass is 422 g/mol. The van der Waals surface area contributed by atoms with E-state index < -0.39 is 0 Å². The Kier molecular flexibility index (Phi) is 6.46. The second-order valence-electron chi connectivity index (χ2n) is 6.97. The number of hydrogen-bond acceptors (Lipinski definition) is 6. The lowest BCUT2D eigenvalue weighted by atomic mass is 10.1. The zero-order chi connectivity index (χ0) is 20.8. The molecule has 2 aromatic heterocycles. The van der Waals surface area contributed by atoms with Gasteiger partial charge in [-0.2, -0.15) is 0 Å². The van der Waals surface area contributed by atoms with Crippen molar-refractivity contribution >= 4 is 28.8 Å². The van der Waals surface area contributed by atoms with E-state index in [1.807, 2.05) is 23.6 Å². The number of aromatic nitrogens is 2. The van der Waals surface area contributed by atoms with E-state index in [0.717, 1.165) is 30.2 Å². The van der Waals surface area contributed by atoms with E-state index in [1.54, 1.807) is 30.5 Å². The van der Waals surface area contributed by atoms with Crippen molar-refractivity contribution in [2.24, 2.45) is 0 Å². The molecule has 8 heteroatoms. The SMILES string of the molecule is O=C(Cc1csc(-c2ccccn2)n1)Nc1ccccc1C(=O)NC[C@H]1CCCO1. The van der Waals surface area contributed by atoms with Crippen LogP contribution in [0.3, 0.4) is 0 Å². The highest BCUT2D eigenvalue weighted by Crippen LogP contribution is 2.22. The maximum atomic E-state index is 12.6. The van der Waals surface area contributed by atoms with Gasteiger partial charge in [-0.1, -0.05) is 18.2 Å². The first-order chi connectivity index (χ1) is 14.7. The summed E-state index contributed by atoms with van der Waals surface area (Å²) in [5.74, 6) is -0.459. The van der Waals surface area contributed by atoms with E-state index in [1.165, 1.54) is 11.3 Å². The minimum Gasteiger partial charge on any atom is -0.376 e. The van der Waals surface area contributed by atoms with Crippen LogP contribution in [0.2, 0.25) is 0 Å². The molecule has 0 radical (unpaired) electrons. The van der Waals surface area contributed by atoms with E-state index in [9.17, 15) is 9.59 Å². The van der Waals surface area contributed by atoms with Gasteiger partial charge in [0.2, 0.25) is 5.91 Å². The fourth-order valence-electron chi connectivity index (χ4n) is 3.25. The molecule has 1 atom stereocenters. The van der Waals surface area contributed by atoms with Gasteiger partial charge in [0, 0.05) is 24.7 Å². The van der Waals surface area contributed by atoms with Gasteiger partial charge in [0.1, 0.15) is 5.01 Å². The van der Waals surface area contributed by atoms with E-state index in [0.29, 0.717) is 23.5 Å². The lowest BCUT2D eigenvalue weighted by molar-refractivity contribution is -0.115. The largest absolute Gasteiger partial charge is 0.376 e. The summed E-state index contributed by atoms with van der Waals surface area (Å²) in [7, 11) is 0. The molecule has 1 saturated heterocycles. The number of thiazole rings is 1. The summed E-state index contributed by atoms with van der Waals surface area (Å²) in [5, 5.41) is 8.35. The third kappa shape index (κ3) is 5.08. The molecule has 2 amide bonds. The predicted molar refractivity (Wildman–Crippen MR) is 115 cm³/mol. The zero-order valence-electron chi connectivity index (χ0n) is 16.3. The number of carbonyl (C=O) groups excluding carboxylic acids is 2. The van der Waals surface area contributed by atoms with Gasteiger partial charge in [0.15, 0.2) is 0 Å². The number of carbonyl (C=O) groups is 2. The van der Waals surface area contributed by atoms with Gasteiger partial charge in [-0.15, -0.1) is 11.3 Å². The number of nitrogens with one attached hydrogen (secondary N) is 2. The van der Waals surface area contributed by atoms with Crippen LogP contribution in [-0.4, -0.2) is 41.0 Å². The Labute approximate surface area is 178 Å². The van der Waals surface area contributed by atoms with Crippen LogP contribution >= 0.6 is 11.3 Å². The van der Waals surface area contributed by atoms with Crippen molar-refractivity contribution in [1.29, 1.82) is 0 Å². The van der Waals surface area contributed by atoms with Gasteiger partial charge < -0.3 is 15.4 Å².